The second-order valence-electron chi connectivity index (χ2n) is 13.7. The van der Waals surface area contributed by atoms with E-state index in [9.17, 15) is 0 Å². The molecule has 6 aromatic carbocycles. The van der Waals surface area contributed by atoms with Crippen LogP contribution in [-0.2, 0) is 51.8 Å². The fraction of sp³-hybridized carbons (Fsp3) is 0.224. The molecule has 4 atom stereocenters. The maximum absolute atomic E-state index is 7.08. The van der Waals surface area contributed by atoms with Crippen LogP contribution in [0, 0.1) is 0 Å². The summed E-state index contributed by atoms with van der Waals surface area (Å²) in [5.41, 5.74) is 7.45. The first-order valence-electron chi connectivity index (χ1n) is 18.9. The van der Waals surface area contributed by atoms with Gasteiger partial charge in [-0.15, -0.1) is 0 Å². The molecule has 0 fully saturated rings. The van der Waals surface area contributed by atoms with Crippen LogP contribution in [0.15, 0.2) is 182 Å². The van der Waals surface area contributed by atoms with Gasteiger partial charge in [0, 0.05) is 6.42 Å². The third-order valence-electron chi connectivity index (χ3n) is 9.70. The van der Waals surface area contributed by atoms with Gasteiger partial charge < -0.3 is 28.4 Å². The van der Waals surface area contributed by atoms with E-state index in [0.29, 0.717) is 39.5 Å². The molecule has 0 amide bonds. The quantitative estimate of drug-likeness (QED) is 0.0821. The van der Waals surface area contributed by atoms with Crippen LogP contribution in [0.2, 0.25) is 0 Å². The molecule has 0 saturated heterocycles. The maximum Gasteiger partial charge on any atom is 0.146 e. The molecule has 1 aliphatic rings. The second-order valence-corrected chi connectivity index (χ2v) is 13.7. The molecule has 55 heavy (non-hydrogen) atoms. The summed E-state index contributed by atoms with van der Waals surface area (Å²) in [4.78, 5) is 0. The topological polar surface area (TPSA) is 55.4 Å². The van der Waals surface area contributed by atoms with Crippen molar-refractivity contribution in [2.45, 2.75) is 57.3 Å². The van der Waals surface area contributed by atoms with E-state index in [1.165, 1.54) is 0 Å². The van der Waals surface area contributed by atoms with Crippen molar-refractivity contribution in [1.82, 2.24) is 0 Å². The predicted molar refractivity (Wildman–Crippen MR) is 216 cm³/mol. The van der Waals surface area contributed by atoms with Gasteiger partial charge in [-0.1, -0.05) is 152 Å². The van der Waals surface area contributed by atoms with Gasteiger partial charge in [0.2, 0.25) is 0 Å². The molecule has 0 radical (unpaired) electrons. The van der Waals surface area contributed by atoms with Crippen molar-refractivity contribution in [3.63, 3.8) is 0 Å². The normalized spacial score (nSPS) is 18.0. The van der Waals surface area contributed by atoms with Gasteiger partial charge in [-0.25, -0.2) is 0 Å². The predicted octanol–water partition coefficient (Wildman–Crippen LogP) is 9.95. The molecule has 0 N–H and O–H groups in total. The monoisotopic (exact) mass is 732 g/mol. The van der Waals surface area contributed by atoms with Crippen LogP contribution in [0.5, 0.6) is 11.5 Å². The fourth-order valence-corrected chi connectivity index (χ4v) is 6.81. The molecule has 0 saturated carbocycles. The molecule has 0 unspecified atom stereocenters. The lowest BCUT2D eigenvalue weighted by Crippen LogP contribution is -2.54. The van der Waals surface area contributed by atoms with E-state index in [2.05, 4.69) is 72.8 Å². The summed E-state index contributed by atoms with van der Waals surface area (Å²) in [5, 5.41) is 0. The van der Waals surface area contributed by atoms with Crippen LogP contribution < -0.4 is 9.47 Å². The molecule has 0 aliphatic heterocycles. The minimum absolute atomic E-state index is 0.332. The Morgan fingerprint density at radius 2 is 0.927 bits per heavy atom. The van der Waals surface area contributed by atoms with Gasteiger partial charge in [-0.3, -0.25) is 0 Å². The van der Waals surface area contributed by atoms with Crippen LogP contribution in [0.25, 0.3) is 0 Å². The van der Waals surface area contributed by atoms with Crippen molar-refractivity contribution in [2.75, 3.05) is 13.7 Å². The van der Waals surface area contributed by atoms with Crippen molar-refractivity contribution in [2.24, 2.45) is 0 Å². The zero-order valence-electron chi connectivity index (χ0n) is 31.2. The van der Waals surface area contributed by atoms with E-state index >= 15 is 0 Å². The Bertz CT molecular complexity index is 2030. The minimum atomic E-state index is -0.535. The smallest absolute Gasteiger partial charge is 0.146 e. The van der Waals surface area contributed by atoms with Crippen LogP contribution in [-0.4, -0.2) is 38.1 Å². The first-order chi connectivity index (χ1) is 27.2. The highest BCUT2D eigenvalue weighted by Gasteiger charge is 2.44. The molecule has 6 aromatic rings. The third-order valence-corrected chi connectivity index (χ3v) is 9.70. The highest BCUT2D eigenvalue weighted by Crippen LogP contribution is 2.34. The van der Waals surface area contributed by atoms with Gasteiger partial charge in [-0.05, 0) is 63.2 Å². The Balaban J connectivity index is 1.25. The molecule has 6 heteroatoms. The standard InChI is InChI=1S/C49H48O6/c1-50-44-28-26-37(27-29-44)30-42-24-14-15-25-45(42)55-46-31-43(36-51-32-38-16-6-2-7-17-38)47(52-33-39-18-8-3-9-19-39)49(54-35-41-22-12-5-13-23-41)48(46)53-34-40-20-10-4-11-21-40/h2-29,31,46-49H,30,32-36H2,1H3/t46-,47-,48+,49-/m1/s1. The summed E-state index contributed by atoms with van der Waals surface area (Å²) in [7, 11) is 1.68. The number of hydrogen-bond donors (Lipinski definition) is 0. The molecule has 7 rings (SSSR count). The molecule has 0 aromatic heterocycles. The Kier molecular flexibility index (Phi) is 13.6. The molecular weight excluding hydrogens is 685 g/mol. The van der Waals surface area contributed by atoms with Crippen LogP contribution in [0.4, 0.5) is 0 Å². The number of rotatable bonds is 18. The number of hydrogen-bond acceptors (Lipinski definition) is 6. The number of ether oxygens (including phenoxy) is 6. The lowest BCUT2D eigenvalue weighted by molar-refractivity contribution is -0.169. The summed E-state index contributed by atoms with van der Waals surface area (Å²) in [6.45, 7) is 1.94. The summed E-state index contributed by atoms with van der Waals surface area (Å²) in [6, 6.07) is 57.2. The van der Waals surface area contributed by atoms with Crippen molar-refractivity contribution in [3.8, 4) is 11.5 Å². The molecular formula is C49H48O6. The Morgan fingerprint density at radius 3 is 1.49 bits per heavy atom. The Morgan fingerprint density at radius 1 is 0.436 bits per heavy atom. The van der Waals surface area contributed by atoms with Gasteiger partial charge >= 0.3 is 0 Å². The van der Waals surface area contributed by atoms with Gasteiger partial charge in [0.05, 0.1) is 40.1 Å². The zero-order valence-corrected chi connectivity index (χ0v) is 31.2. The summed E-state index contributed by atoms with van der Waals surface area (Å²) >= 11 is 0. The second kappa shape index (κ2) is 19.7. The number of methoxy groups -OCH3 is 1. The molecule has 0 bridgehead atoms. The number of para-hydroxylation sites is 1. The van der Waals surface area contributed by atoms with Crippen molar-refractivity contribution in [3.05, 3.63) is 215 Å². The molecule has 0 spiro atoms. The van der Waals surface area contributed by atoms with Crippen molar-refractivity contribution in [1.29, 1.82) is 0 Å². The Hall–Kier alpha value is -5.50. The SMILES string of the molecule is COc1ccc(Cc2ccccc2O[C@@H]2C=C(COCc3ccccc3)[C@@H](OCc3ccccc3)[C@@H](OCc3ccccc3)[C@H]2OCc2ccccc2)cc1. The van der Waals surface area contributed by atoms with E-state index in [0.717, 1.165) is 50.5 Å². The van der Waals surface area contributed by atoms with Gasteiger partial charge in [0.15, 0.2) is 0 Å². The van der Waals surface area contributed by atoms with Gasteiger partial charge in [-0.2, -0.15) is 0 Å². The first kappa shape index (κ1) is 37.8. The molecule has 6 nitrogen and oxygen atoms in total. The van der Waals surface area contributed by atoms with Crippen molar-refractivity contribution < 1.29 is 28.4 Å². The average molecular weight is 733 g/mol. The maximum atomic E-state index is 7.08. The summed E-state index contributed by atoms with van der Waals surface area (Å²) in [5.74, 6) is 1.61. The average Bonchev–Trinajstić information content (AvgIpc) is 3.24. The van der Waals surface area contributed by atoms with Gasteiger partial charge in [0.1, 0.15) is 35.9 Å². The molecule has 1 aliphatic carbocycles. The zero-order chi connectivity index (χ0) is 37.5. The van der Waals surface area contributed by atoms with Crippen molar-refractivity contribution >= 4 is 0 Å². The Labute approximate surface area is 324 Å². The highest BCUT2D eigenvalue weighted by atomic mass is 16.6. The lowest BCUT2D eigenvalue weighted by atomic mass is 9.88. The first-order valence-corrected chi connectivity index (χ1v) is 18.9. The largest absolute Gasteiger partial charge is 0.497 e. The molecule has 0 heterocycles. The highest BCUT2D eigenvalue weighted by molar-refractivity contribution is 5.40. The summed E-state index contributed by atoms with van der Waals surface area (Å²) in [6.07, 6.45) is 0.769. The van der Waals surface area contributed by atoms with Crippen LogP contribution in [0.3, 0.4) is 0 Å². The van der Waals surface area contributed by atoms with Gasteiger partial charge in [0.25, 0.3) is 0 Å². The van der Waals surface area contributed by atoms with E-state index in [1.54, 1.807) is 7.11 Å². The van der Waals surface area contributed by atoms with E-state index in [-0.39, 0.29) is 0 Å². The lowest BCUT2D eigenvalue weighted by Gasteiger charge is -2.42. The van der Waals surface area contributed by atoms with Crippen LogP contribution in [0.1, 0.15) is 33.4 Å². The fourth-order valence-electron chi connectivity index (χ4n) is 6.81. The van der Waals surface area contributed by atoms with Crippen LogP contribution >= 0.6 is 0 Å². The van der Waals surface area contributed by atoms with E-state index in [1.807, 2.05) is 103 Å². The minimum Gasteiger partial charge on any atom is -0.497 e. The summed E-state index contributed by atoms with van der Waals surface area (Å²) < 4.78 is 39.6. The van der Waals surface area contributed by atoms with E-state index in [4.69, 9.17) is 28.4 Å². The third kappa shape index (κ3) is 10.8. The number of benzene rings is 6. The van der Waals surface area contributed by atoms with E-state index < -0.39 is 24.4 Å². The molecule has 280 valence electrons.